The maximum absolute atomic E-state index is 13.0. The molecule has 1 saturated heterocycles. The van der Waals surface area contributed by atoms with Crippen LogP contribution in [0, 0.1) is 5.82 Å². The average molecular weight is 387 g/mol. The topological polar surface area (TPSA) is 79.3 Å². The molecule has 3 rings (SSSR count). The SMILES string of the molecule is CC(C)N(CC(=O)Nc1ccc(F)cc1)C(=O)c1ccn(C2CCCNC2)n1. The summed E-state index contributed by atoms with van der Waals surface area (Å²) in [4.78, 5) is 26.8. The van der Waals surface area contributed by atoms with Crippen LogP contribution in [0.15, 0.2) is 36.5 Å². The molecule has 2 N–H and O–H groups in total. The number of benzene rings is 1. The quantitative estimate of drug-likeness (QED) is 0.798. The highest BCUT2D eigenvalue weighted by Gasteiger charge is 2.25. The molecule has 1 aromatic carbocycles. The zero-order chi connectivity index (χ0) is 20.1. The average Bonchev–Trinajstić information content (AvgIpc) is 3.18. The van der Waals surface area contributed by atoms with E-state index in [2.05, 4.69) is 15.7 Å². The van der Waals surface area contributed by atoms with Gasteiger partial charge in [0.25, 0.3) is 5.91 Å². The van der Waals surface area contributed by atoms with Crippen molar-refractivity contribution in [3.05, 3.63) is 48.0 Å². The lowest BCUT2D eigenvalue weighted by Gasteiger charge is -2.26. The van der Waals surface area contributed by atoms with Gasteiger partial charge in [-0.2, -0.15) is 5.10 Å². The molecular formula is C20H26FN5O2. The monoisotopic (exact) mass is 387 g/mol. The Labute approximate surface area is 163 Å². The number of nitrogens with zero attached hydrogens (tertiary/aromatic N) is 3. The van der Waals surface area contributed by atoms with E-state index in [1.165, 1.54) is 29.2 Å². The number of hydrogen-bond donors (Lipinski definition) is 2. The maximum Gasteiger partial charge on any atom is 0.275 e. The minimum Gasteiger partial charge on any atom is -0.326 e. The second-order valence-electron chi connectivity index (χ2n) is 7.26. The highest BCUT2D eigenvalue weighted by atomic mass is 19.1. The van der Waals surface area contributed by atoms with Crippen LogP contribution in [-0.4, -0.2) is 52.2 Å². The molecule has 1 aliphatic heterocycles. The first-order valence-corrected chi connectivity index (χ1v) is 9.56. The first kappa shape index (κ1) is 20.0. The highest BCUT2D eigenvalue weighted by Crippen LogP contribution is 2.17. The number of amides is 2. The Morgan fingerprint density at radius 3 is 2.71 bits per heavy atom. The summed E-state index contributed by atoms with van der Waals surface area (Å²) in [6, 6.07) is 7.27. The zero-order valence-corrected chi connectivity index (χ0v) is 16.2. The van der Waals surface area contributed by atoms with Gasteiger partial charge in [0.2, 0.25) is 5.91 Å². The van der Waals surface area contributed by atoms with Gasteiger partial charge in [-0.3, -0.25) is 14.3 Å². The van der Waals surface area contributed by atoms with Gasteiger partial charge < -0.3 is 15.5 Å². The van der Waals surface area contributed by atoms with Crippen LogP contribution in [0.4, 0.5) is 10.1 Å². The second kappa shape index (κ2) is 8.97. The Morgan fingerprint density at radius 2 is 2.07 bits per heavy atom. The molecule has 7 nitrogen and oxygen atoms in total. The number of aromatic nitrogens is 2. The molecule has 1 fully saturated rings. The number of halogens is 1. The van der Waals surface area contributed by atoms with Crippen molar-refractivity contribution in [1.29, 1.82) is 0 Å². The van der Waals surface area contributed by atoms with Crippen LogP contribution < -0.4 is 10.6 Å². The van der Waals surface area contributed by atoms with Crippen molar-refractivity contribution in [2.45, 2.75) is 38.8 Å². The van der Waals surface area contributed by atoms with Gasteiger partial charge in [-0.15, -0.1) is 0 Å². The van der Waals surface area contributed by atoms with E-state index in [-0.39, 0.29) is 36.3 Å². The summed E-state index contributed by atoms with van der Waals surface area (Å²) < 4.78 is 14.8. The Bertz CT molecular complexity index is 812. The molecule has 0 saturated carbocycles. The normalized spacial score (nSPS) is 16.8. The molecule has 150 valence electrons. The molecule has 1 unspecified atom stereocenters. The Kier molecular flexibility index (Phi) is 6.41. The van der Waals surface area contributed by atoms with Gasteiger partial charge in [-0.25, -0.2) is 4.39 Å². The van der Waals surface area contributed by atoms with Gasteiger partial charge in [0.15, 0.2) is 0 Å². The summed E-state index contributed by atoms with van der Waals surface area (Å²) in [5.74, 6) is -1.00. The summed E-state index contributed by atoms with van der Waals surface area (Å²) in [6.07, 6.45) is 3.92. The molecule has 2 amide bonds. The minimum absolute atomic E-state index is 0.105. The van der Waals surface area contributed by atoms with Crippen molar-refractivity contribution in [2.24, 2.45) is 0 Å². The summed E-state index contributed by atoms with van der Waals surface area (Å²) in [5, 5.41) is 10.5. The van der Waals surface area contributed by atoms with Crippen LogP contribution in [0.2, 0.25) is 0 Å². The molecule has 0 spiro atoms. The third-order valence-electron chi connectivity index (χ3n) is 4.80. The van der Waals surface area contributed by atoms with Crippen molar-refractivity contribution in [3.8, 4) is 0 Å². The van der Waals surface area contributed by atoms with Crippen molar-refractivity contribution >= 4 is 17.5 Å². The van der Waals surface area contributed by atoms with E-state index in [0.29, 0.717) is 11.4 Å². The van der Waals surface area contributed by atoms with Crippen LogP contribution in [-0.2, 0) is 4.79 Å². The lowest BCUT2D eigenvalue weighted by molar-refractivity contribution is -0.117. The standard InChI is InChI=1S/C20H26FN5O2/c1-14(2)25(13-19(27)23-16-7-5-15(21)6-8-16)20(28)18-9-11-26(24-18)17-4-3-10-22-12-17/h5-9,11,14,17,22H,3-4,10,12-13H2,1-2H3,(H,23,27). The fourth-order valence-corrected chi connectivity index (χ4v) is 3.24. The number of rotatable bonds is 6. The largest absolute Gasteiger partial charge is 0.326 e. The van der Waals surface area contributed by atoms with Crippen molar-refractivity contribution in [1.82, 2.24) is 20.0 Å². The zero-order valence-electron chi connectivity index (χ0n) is 16.2. The van der Waals surface area contributed by atoms with Crippen LogP contribution in [0.1, 0.15) is 43.2 Å². The second-order valence-corrected chi connectivity index (χ2v) is 7.26. The molecule has 0 aliphatic carbocycles. The van der Waals surface area contributed by atoms with Gasteiger partial charge in [-0.05, 0) is 63.6 Å². The third kappa shape index (κ3) is 4.95. The fraction of sp³-hybridized carbons (Fsp3) is 0.450. The van der Waals surface area contributed by atoms with Gasteiger partial charge >= 0.3 is 0 Å². The number of anilines is 1. The smallest absolute Gasteiger partial charge is 0.275 e. The van der Waals surface area contributed by atoms with E-state index in [1.807, 2.05) is 24.7 Å². The van der Waals surface area contributed by atoms with E-state index in [4.69, 9.17) is 0 Å². The van der Waals surface area contributed by atoms with Crippen LogP contribution in [0.25, 0.3) is 0 Å². The van der Waals surface area contributed by atoms with Gasteiger partial charge in [-0.1, -0.05) is 0 Å². The fourth-order valence-electron chi connectivity index (χ4n) is 3.24. The lowest BCUT2D eigenvalue weighted by Crippen LogP contribution is -2.42. The number of hydrogen-bond acceptors (Lipinski definition) is 4. The number of nitrogens with one attached hydrogen (secondary N) is 2. The van der Waals surface area contributed by atoms with E-state index < -0.39 is 0 Å². The van der Waals surface area contributed by atoms with Crippen LogP contribution >= 0.6 is 0 Å². The summed E-state index contributed by atoms with van der Waals surface area (Å²) in [7, 11) is 0. The van der Waals surface area contributed by atoms with Crippen LogP contribution in [0.5, 0.6) is 0 Å². The molecule has 2 heterocycles. The van der Waals surface area contributed by atoms with E-state index in [9.17, 15) is 14.0 Å². The van der Waals surface area contributed by atoms with Gasteiger partial charge in [0.05, 0.1) is 6.04 Å². The summed E-state index contributed by atoms with van der Waals surface area (Å²) in [5.41, 5.74) is 0.811. The van der Waals surface area contributed by atoms with Crippen molar-refractivity contribution < 1.29 is 14.0 Å². The van der Waals surface area contributed by atoms with Crippen molar-refractivity contribution in [3.63, 3.8) is 0 Å². The summed E-state index contributed by atoms with van der Waals surface area (Å²) >= 11 is 0. The molecule has 1 atom stereocenters. The van der Waals surface area contributed by atoms with E-state index >= 15 is 0 Å². The van der Waals surface area contributed by atoms with Gasteiger partial charge in [0, 0.05) is 24.5 Å². The highest BCUT2D eigenvalue weighted by molar-refractivity contribution is 5.98. The molecule has 0 bridgehead atoms. The van der Waals surface area contributed by atoms with E-state index in [1.54, 1.807) is 6.07 Å². The maximum atomic E-state index is 13.0. The Morgan fingerprint density at radius 1 is 1.32 bits per heavy atom. The predicted octanol–water partition coefficient (Wildman–Crippen LogP) is 2.44. The molecule has 1 aromatic heterocycles. The number of piperidine rings is 1. The molecule has 0 radical (unpaired) electrons. The molecule has 28 heavy (non-hydrogen) atoms. The third-order valence-corrected chi connectivity index (χ3v) is 4.80. The molecular weight excluding hydrogens is 361 g/mol. The number of carbonyl (C=O) groups is 2. The van der Waals surface area contributed by atoms with Crippen LogP contribution in [0.3, 0.4) is 0 Å². The number of carbonyl (C=O) groups excluding carboxylic acids is 2. The van der Waals surface area contributed by atoms with E-state index in [0.717, 1.165) is 25.9 Å². The first-order valence-electron chi connectivity index (χ1n) is 9.56. The Hall–Kier alpha value is -2.74. The molecule has 8 heteroatoms. The molecule has 2 aromatic rings. The first-order chi connectivity index (χ1) is 13.4. The summed E-state index contributed by atoms with van der Waals surface area (Å²) in [6.45, 7) is 5.44. The lowest BCUT2D eigenvalue weighted by atomic mass is 10.1. The predicted molar refractivity (Wildman–Crippen MR) is 105 cm³/mol. The molecule has 1 aliphatic rings. The Balaban J connectivity index is 1.65. The van der Waals surface area contributed by atoms with Gasteiger partial charge in [0.1, 0.15) is 18.1 Å². The minimum atomic E-state index is -0.374. The van der Waals surface area contributed by atoms with Crippen molar-refractivity contribution in [2.75, 3.05) is 25.0 Å².